The van der Waals surface area contributed by atoms with Crippen LogP contribution in [0.15, 0.2) is 48.9 Å². The van der Waals surface area contributed by atoms with Crippen LogP contribution >= 0.6 is 0 Å². The zero-order valence-corrected chi connectivity index (χ0v) is 22.0. The molecule has 0 bridgehead atoms. The third kappa shape index (κ3) is 8.85. The molecule has 1 aliphatic carbocycles. The number of pyridine rings is 2. The van der Waals surface area contributed by atoms with Gasteiger partial charge in [-0.15, -0.1) is 0 Å². The van der Waals surface area contributed by atoms with Crippen molar-refractivity contribution in [3.8, 4) is 0 Å². The SMILES string of the molecule is O=C(O)C(F)(F)F.O=C(O)C(F)(F)F.O=C1N(CC2CC2)CCOC12CN(Cc1ccccn1)CC2c1cccnc1. The summed E-state index contributed by atoms with van der Waals surface area (Å²) in [7, 11) is 0. The van der Waals surface area contributed by atoms with Gasteiger partial charge in [0.1, 0.15) is 0 Å². The van der Waals surface area contributed by atoms with Crippen LogP contribution in [0.1, 0.15) is 30.0 Å². The first-order valence-corrected chi connectivity index (χ1v) is 12.7. The number of aromatic nitrogens is 2. The fraction of sp³-hybridized carbons (Fsp3) is 0.500. The number of nitrogens with zero attached hydrogens (tertiary/aromatic N) is 4. The van der Waals surface area contributed by atoms with Crippen LogP contribution in [0.4, 0.5) is 26.3 Å². The Bertz CT molecular complexity index is 1190. The number of carbonyl (C=O) groups excluding carboxylic acids is 1. The number of alkyl halides is 6. The number of carbonyl (C=O) groups is 3. The first-order chi connectivity index (χ1) is 19.6. The minimum absolute atomic E-state index is 0.0144. The van der Waals surface area contributed by atoms with Crippen LogP contribution in [0.2, 0.25) is 0 Å². The Morgan fingerprint density at radius 3 is 2.14 bits per heavy atom. The number of halogens is 6. The minimum Gasteiger partial charge on any atom is -0.475 e. The van der Waals surface area contributed by atoms with Crippen LogP contribution in [0.3, 0.4) is 0 Å². The van der Waals surface area contributed by atoms with Gasteiger partial charge in [-0.2, -0.15) is 26.3 Å². The van der Waals surface area contributed by atoms with Crippen molar-refractivity contribution in [2.45, 2.75) is 43.3 Å². The van der Waals surface area contributed by atoms with Gasteiger partial charge in [0, 0.05) is 57.2 Å². The van der Waals surface area contributed by atoms with Crippen LogP contribution in [-0.4, -0.2) is 98.6 Å². The van der Waals surface area contributed by atoms with E-state index in [9.17, 15) is 31.1 Å². The van der Waals surface area contributed by atoms with Gasteiger partial charge in [0.15, 0.2) is 5.60 Å². The first-order valence-electron chi connectivity index (χ1n) is 12.7. The van der Waals surface area contributed by atoms with Crippen LogP contribution in [0, 0.1) is 5.92 Å². The molecule has 3 fully saturated rings. The smallest absolute Gasteiger partial charge is 0.475 e. The highest BCUT2D eigenvalue weighted by Gasteiger charge is 2.57. The van der Waals surface area contributed by atoms with Crippen molar-refractivity contribution in [3.05, 3.63) is 60.2 Å². The highest BCUT2D eigenvalue weighted by Crippen LogP contribution is 2.43. The van der Waals surface area contributed by atoms with Crippen molar-refractivity contribution in [3.63, 3.8) is 0 Å². The molecule has 2 N–H and O–H groups in total. The van der Waals surface area contributed by atoms with E-state index in [1.165, 1.54) is 12.8 Å². The van der Waals surface area contributed by atoms with Gasteiger partial charge in [-0.3, -0.25) is 19.7 Å². The van der Waals surface area contributed by atoms with Crippen LogP contribution in [0.25, 0.3) is 0 Å². The number of hydrogen-bond acceptors (Lipinski definition) is 7. The summed E-state index contributed by atoms with van der Waals surface area (Å²) < 4.78 is 69.8. The zero-order valence-electron chi connectivity index (χ0n) is 22.0. The Morgan fingerprint density at radius 1 is 1.00 bits per heavy atom. The Balaban J connectivity index is 0.000000289. The topological polar surface area (TPSA) is 133 Å². The highest BCUT2D eigenvalue weighted by atomic mass is 19.4. The summed E-state index contributed by atoms with van der Waals surface area (Å²) in [4.78, 5) is 44.6. The van der Waals surface area contributed by atoms with Gasteiger partial charge >= 0.3 is 24.3 Å². The number of amides is 1. The summed E-state index contributed by atoms with van der Waals surface area (Å²) >= 11 is 0. The second kappa shape index (κ2) is 13.5. The van der Waals surface area contributed by atoms with Gasteiger partial charge in [-0.1, -0.05) is 12.1 Å². The predicted octanol–water partition coefficient (Wildman–Crippen LogP) is 3.35. The number of hydrogen-bond donors (Lipinski definition) is 2. The quantitative estimate of drug-likeness (QED) is 0.492. The lowest BCUT2D eigenvalue weighted by molar-refractivity contribution is -0.193. The van der Waals surface area contributed by atoms with E-state index in [1.54, 1.807) is 6.20 Å². The van der Waals surface area contributed by atoms with Gasteiger partial charge in [0.25, 0.3) is 5.91 Å². The molecule has 0 aromatic carbocycles. The largest absolute Gasteiger partial charge is 0.490 e. The second-order valence-electron chi connectivity index (χ2n) is 9.87. The highest BCUT2D eigenvalue weighted by molar-refractivity contribution is 5.88. The van der Waals surface area contributed by atoms with Crippen molar-refractivity contribution in [1.82, 2.24) is 19.8 Å². The maximum Gasteiger partial charge on any atom is 0.490 e. The average Bonchev–Trinajstić information content (AvgIpc) is 3.67. The summed E-state index contributed by atoms with van der Waals surface area (Å²) in [6.07, 6.45) is -2.20. The van der Waals surface area contributed by atoms with Crippen molar-refractivity contribution >= 4 is 17.8 Å². The molecule has 230 valence electrons. The normalized spacial score (nSPS) is 22.6. The summed E-state index contributed by atoms with van der Waals surface area (Å²) in [5.41, 5.74) is 1.28. The fourth-order valence-electron chi connectivity index (χ4n) is 4.63. The monoisotopic (exact) mass is 606 g/mol. The van der Waals surface area contributed by atoms with Crippen molar-refractivity contribution in [1.29, 1.82) is 0 Å². The number of morpholine rings is 1. The standard InChI is InChI=1S/C22H26N4O2.2C2HF3O2/c27-21-22(28-11-10-26(21)13-17-6-7-17)16-25(14-19-5-1-2-9-24-19)15-20(22)18-4-3-8-23-12-18;2*3-2(4,5)1(6)7/h1-5,8-9,12,17,20H,6-7,10-11,13-16H2;2*(H,6,7). The molecule has 1 amide bonds. The number of likely N-dealkylation sites (tertiary alicyclic amines) is 1. The van der Waals surface area contributed by atoms with Gasteiger partial charge in [0.2, 0.25) is 0 Å². The first kappa shape index (κ1) is 32.7. The molecule has 10 nitrogen and oxygen atoms in total. The molecule has 5 rings (SSSR count). The van der Waals surface area contributed by atoms with E-state index >= 15 is 0 Å². The molecule has 1 spiro atoms. The molecule has 4 heterocycles. The number of carboxylic acids is 2. The van der Waals surface area contributed by atoms with Gasteiger partial charge in [-0.25, -0.2) is 9.59 Å². The van der Waals surface area contributed by atoms with Crippen molar-refractivity contribution < 1.29 is 55.7 Å². The molecule has 2 unspecified atom stereocenters. The molecule has 16 heteroatoms. The van der Waals surface area contributed by atoms with E-state index in [4.69, 9.17) is 24.5 Å². The van der Waals surface area contributed by atoms with E-state index < -0.39 is 29.9 Å². The number of aliphatic carboxylic acids is 2. The molecule has 2 atom stereocenters. The Hall–Kier alpha value is -3.79. The van der Waals surface area contributed by atoms with E-state index in [-0.39, 0.29) is 11.8 Å². The fourth-order valence-corrected chi connectivity index (χ4v) is 4.63. The maximum atomic E-state index is 13.6. The van der Waals surface area contributed by atoms with Crippen LogP contribution in [-0.2, 0) is 25.7 Å². The van der Waals surface area contributed by atoms with Gasteiger partial charge < -0.3 is 19.8 Å². The minimum atomic E-state index is -5.08. The summed E-state index contributed by atoms with van der Waals surface area (Å²) in [5.74, 6) is -4.69. The summed E-state index contributed by atoms with van der Waals surface area (Å²) in [6, 6.07) is 9.98. The number of rotatable bonds is 5. The third-order valence-corrected chi connectivity index (χ3v) is 6.69. The lowest BCUT2D eigenvalue weighted by atomic mass is 9.83. The lowest BCUT2D eigenvalue weighted by Crippen LogP contribution is -2.60. The Morgan fingerprint density at radius 2 is 1.64 bits per heavy atom. The third-order valence-electron chi connectivity index (χ3n) is 6.69. The van der Waals surface area contributed by atoms with Gasteiger partial charge in [0.05, 0.1) is 12.3 Å². The predicted molar refractivity (Wildman–Crippen MR) is 132 cm³/mol. The molecule has 2 aliphatic heterocycles. The molecular weight excluding hydrogens is 578 g/mol. The molecular formula is C26H28F6N4O6. The molecule has 42 heavy (non-hydrogen) atoms. The summed E-state index contributed by atoms with van der Waals surface area (Å²) in [5, 5.41) is 14.2. The summed E-state index contributed by atoms with van der Waals surface area (Å²) in [6.45, 7) is 4.28. The number of ether oxygens (including phenoxy) is 1. The van der Waals surface area contributed by atoms with Crippen molar-refractivity contribution in [2.75, 3.05) is 32.8 Å². The Kier molecular flexibility index (Phi) is 10.5. The number of carboxylic acid groups (broad SMARTS) is 2. The molecule has 2 aromatic heterocycles. The van der Waals surface area contributed by atoms with E-state index in [2.05, 4.69) is 25.8 Å². The molecule has 0 radical (unpaired) electrons. The average molecular weight is 607 g/mol. The van der Waals surface area contributed by atoms with Gasteiger partial charge in [-0.05, 0) is 42.5 Å². The Labute approximate surface area is 235 Å². The van der Waals surface area contributed by atoms with Crippen LogP contribution in [0.5, 0.6) is 0 Å². The van der Waals surface area contributed by atoms with E-state index in [0.717, 1.165) is 30.9 Å². The molecule has 2 saturated heterocycles. The second-order valence-corrected chi connectivity index (χ2v) is 9.87. The molecule has 1 saturated carbocycles. The van der Waals surface area contributed by atoms with Crippen LogP contribution < -0.4 is 0 Å². The van der Waals surface area contributed by atoms with Crippen molar-refractivity contribution in [2.24, 2.45) is 5.92 Å². The maximum absolute atomic E-state index is 13.6. The van der Waals surface area contributed by atoms with E-state index in [1.807, 2.05) is 36.7 Å². The molecule has 2 aromatic rings. The van der Waals surface area contributed by atoms with E-state index in [0.29, 0.717) is 25.6 Å². The zero-order chi connectivity index (χ0) is 31.1. The molecule has 3 aliphatic rings. The lowest BCUT2D eigenvalue weighted by Gasteiger charge is -2.42.